The zero-order chi connectivity index (χ0) is 13.7. The predicted molar refractivity (Wildman–Crippen MR) is 66.2 cm³/mol. The van der Waals surface area contributed by atoms with Gasteiger partial charge in [-0.2, -0.15) is 0 Å². The standard InChI is InChI=1S/C11H15N3O4/c1-2-13(5-6-15)11(16)8-3-4-9(12)10(7-8)14(17)18/h3-4,7,15H,2,5-6,12H2,1H3. The van der Waals surface area contributed by atoms with Gasteiger partial charge in [0.2, 0.25) is 0 Å². The minimum atomic E-state index is -0.631. The zero-order valence-corrected chi connectivity index (χ0v) is 10.00. The topological polar surface area (TPSA) is 110 Å². The van der Waals surface area contributed by atoms with Gasteiger partial charge < -0.3 is 15.7 Å². The van der Waals surface area contributed by atoms with Crippen LogP contribution in [-0.4, -0.2) is 40.5 Å². The summed E-state index contributed by atoms with van der Waals surface area (Å²) >= 11 is 0. The van der Waals surface area contributed by atoms with Crippen molar-refractivity contribution in [3.63, 3.8) is 0 Å². The van der Waals surface area contributed by atoms with E-state index in [0.717, 1.165) is 6.07 Å². The van der Waals surface area contributed by atoms with Crippen molar-refractivity contribution < 1.29 is 14.8 Å². The quantitative estimate of drug-likeness (QED) is 0.454. The number of hydrogen-bond acceptors (Lipinski definition) is 5. The average molecular weight is 253 g/mol. The molecule has 7 nitrogen and oxygen atoms in total. The molecule has 1 aromatic rings. The lowest BCUT2D eigenvalue weighted by Gasteiger charge is -2.19. The normalized spacial score (nSPS) is 10.1. The van der Waals surface area contributed by atoms with E-state index in [4.69, 9.17) is 10.8 Å². The van der Waals surface area contributed by atoms with E-state index in [1.807, 2.05) is 0 Å². The Kier molecular flexibility index (Phi) is 4.61. The molecular weight excluding hydrogens is 238 g/mol. The Morgan fingerprint density at radius 1 is 1.56 bits per heavy atom. The van der Waals surface area contributed by atoms with Gasteiger partial charge in [0, 0.05) is 24.7 Å². The van der Waals surface area contributed by atoms with Crippen LogP contribution in [0.2, 0.25) is 0 Å². The number of nitro groups is 1. The van der Waals surface area contributed by atoms with Gasteiger partial charge in [-0.25, -0.2) is 0 Å². The number of likely N-dealkylation sites (N-methyl/N-ethyl adjacent to an activating group) is 1. The highest BCUT2D eigenvalue weighted by molar-refractivity contribution is 5.95. The Morgan fingerprint density at radius 3 is 2.72 bits per heavy atom. The zero-order valence-electron chi connectivity index (χ0n) is 10.00. The number of benzene rings is 1. The molecule has 0 aromatic heterocycles. The second kappa shape index (κ2) is 5.97. The Labute approximate surface area is 104 Å². The Hall–Kier alpha value is -2.15. The summed E-state index contributed by atoms with van der Waals surface area (Å²) in [5, 5.41) is 19.6. The number of carbonyl (C=O) groups is 1. The monoisotopic (exact) mass is 253 g/mol. The highest BCUT2D eigenvalue weighted by Crippen LogP contribution is 2.23. The van der Waals surface area contributed by atoms with Gasteiger partial charge in [0.05, 0.1) is 11.5 Å². The first-order chi connectivity index (χ1) is 8.51. The van der Waals surface area contributed by atoms with Crippen molar-refractivity contribution in [3.05, 3.63) is 33.9 Å². The number of anilines is 1. The molecule has 0 unspecified atom stereocenters. The molecule has 0 aliphatic heterocycles. The van der Waals surface area contributed by atoms with Gasteiger partial charge in [0.15, 0.2) is 0 Å². The molecular formula is C11H15N3O4. The summed E-state index contributed by atoms with van der Waals surface area (Å²) in [7, 11) is 0. The third-order valence-corrected chi connectivity index (χ3v) is 2.51. The van der Waals surface area contributed by atoms with E-state index in [2.05, 4.69) is 0 Å². The first kappa shape index (κ1) is 13.9. The number of nitrogens with zero attached hydrogens (tertiary/aromatic N) is 2. The lowest BCUT2D eigenvalue weighted by Crippen LogP contribution is -2.33. The van der Waals surface area contributed by atoms with Crippen LogP contribution in [-0.2, 0) is 0 Å². The van der Waals surface area contributed by atoms with E-state index in [1.165, 1.54) is 17.0 Å². The minimum Gasteiger partial charge on any atom is -0.395 e. The van der Waals surface area contributed by atoms with Crippen molar-refractivity contribution in [2.45, 2.75) is 6.92 Å². The Bertz CT molecular complexity index is 462. The minimum absolute atomic E-state index is 0.0155. The van der Waals surface area contributed by atoms with Gasteiger partial charge in [0.1, 0.15) is 5.69 Å². The highest BCUT2D eigenvalue weighted by Gasteiger charge is 2.18. The van der Waals surface area contributed by atoms with Gasteiger partial charge in [-0.15, -0.1) is 0 Å². The third-order valence-electron chi connectivity index (χ3n) is 2.51. The molecule has 0 saturated heterocycles. The lowest BCUT2D eigenvalue weighted by molar-refractivity contribution is -0.383. The predicted octanol–water partition coefficient (Wildman–Crippen LogP) is 0.631. The van der Waals surface area contributed by atoms with E-state index in [-0.39, 0.29) is 36.0 Å². The summed E-state index contributed by atoms with van der Waals surface area (Å²) < 4.78 is 0. The molecule has 0 spiro atoms. The molecule has 7 heteroatoms. The first-order valence-corrected chi connectivity index (χ1v) is 5.45. The number of hydrogen-bond donors (Lipinski definition) is 2. The number of nitrogens with two attached hydrogens (primary N) is 1. The number of nitrogen functional groups attached to an aromatic ring is 1. The van der Waals surface area contributed by atoms with Crippen LogP contribution >= 0.6 is 0 Å². The van der Waals surface area contributed by atoms with Gasteiger partial charge in [0.25, 0.3) is 11.6 Å². The van der Waals surface area contributed by atoms with Crippen LogP contribution in [0.5, 0.6) is 0 Å². The number of nitro benzene ring substituents is 1. The number of aliphatic hydroxyl groups excluding tert-OH is 1. The van der Waals surface area contributed by atoms with E-state index in [9.17, 15) is 14.9 Å². The molecule has 98 valence electrons. The Morgan fingerprint density at radius 2 is 2.22 bits per heavy atom. The molecule has 18 heavy (non-hydrogen) atoms. The second-order valence-electron chi connectivity index (χ2n) is 3.64. The van der Waals surface area contributed by atoms with Crippen LogP contribution < -0.4 is 5.73 Å². The van der Waals surface area contributed by atoms with Gasteiger partial charge >= 0.3 is 0 Å². The Balaban J connectivity index is 3.06. The first-order valence-electron chi connectivity index (χ1n) is 5.45. The maximum absolute atomic E-state index is 12.0. The van der Waals surface area contributed by atoms with Crippen LogP contribution in [0.25, 0.3) is 0 Å². The molecule has 0 saturated carbocycles. The van der Waals surface area contributed by atoms with Crippen molar-refractivity contribution in [3.8, 4) is 0 Å². The van der Waals surface area contributed by atoms with Crippen molar-refractivity contribution >= 4 is 17.3 Å². The molecule has 1 rings (SSSR count). The summed E-state index contributed by atoms with van der Waals surface area (Å²) in [4.78, 5) is 23.5. The van der Waals surface area contributed by atoms with Gasteiger partial charge in [-0.3, -0.25) is 14.9 Å². The van der Waals surface area contributed by atoms with E-state index >= 15 is 0 Å². The molecule has 1 aromatic carbocycles. The van der Waals surface area contributed by atoms with Gasteiger partial charge in [-0.1, -0.05) is 0 Å². The summed E-state index contributed by atoms with van der Waals surface area (Å²) in [6.07, 6.45) is 0. The van der Waals surface area contributed by atoms with Crippen molar-refractivity contribution in [2.24, 2.45) is 0 Å². The fourth-order valence-corrected chi connectivity index (χ4v) is 1.54. The molecule has 0 atom stereocenters. The van der Waals surface area contributed by atoms with E-state index in [0.29, 0.717) is 6.54 Å². The number of rotatable bonds is 5. The van der Waals surface area contributed by atoms with Crippen LogP contribution in [0.3, 0.4) is 0 Å². The van der Waals surface area contributed by atoms with Crippen LogP contribution in [0.4, 0.5) is 11.4 Å². The molecule has 0 radical (unpaired) electrons. The average Bonchev–Trinajstić information content (AvgIpc) is 2.35. The van der Waals surface area contributed by atoms with Crippen LogP contribution in [0.1, 0.15) is 17.3 Å². The fourth-order valence-electron chi connectivity index (χ4n) is 1.54. The van der Waals surface area contributed by atoms with Crippen molar-refractivity contribution in [1.29, 1.82) is 0 Å². The maximum atomic E-state index is 12.0. The SMILES string of the molecule is CCN(CCO)C(=O)c1ccc(N)c([N+](=O)[O-])c1. The van der Waals surface area contributed by atoms with Crippen molar-refractivity contribution in [1.82, 2.24) is 4.90 Å². The number of amides is 1. The molecule has 1 amide bonds. The summed E-state index contributed by atoms with van der Waals surface area (Å²) in [6, 6.07) is 3.92. The molecule has 0 aliphatic rings. The fraction of sp³-hybridized carbons (Fsp3) is 0.364. The van der Waals surface area contributed by atoms with Crippen molar-refractivity contribution in [2.75, 3.05) is 25.4 Å². The van der Waals surface area contributed by atoms with Gasteiger partial charge in [-0.05, 0) is 19.1 Å². The maximum Gasteiger partial charge on any atom is 0.292 e. The number of carbonyl (C=O) groups excluding carboxylic acids is 1. The van der Waals surface area contributed by atoms with E-state index < -0.39 is 4.92 Å². The lowest BCUT2D eigenvalue weighted by atomic mass is 10.1. The summed E-state index contributed by atoms with van der Waals surface area (Å²) in [5.41, 5.74) is 5.36. The molecule has 0 heterocycles. The molecule has 0 bridgehead atoms. The van der Waals surface area contributed by atoms with Crippen LogP contribution in [0.15, 0.2) is 18.2 Å². The summed E-state index contributed by atoms with van der Waals surface area (Å²) in [6.45, 7) is 2.21. The third kappa shape index (κ3) is 2.95. The largest absolute Gasteiger partial charge is 0.395 e. The second-order valence-corrected chi connectivity index (χ2v) is 3.64. The smallest absolute Gasteiger partial charge is 0.292 e. The molecule has 3 N–H and O–H groups in total. The van der Waals surface area contributed by atoms with Crippen LogP contribution in [0, 0.1) is 10.1 Å². The molecule has 0 aliphatic carbocycles. The molecule has 0 fully saturated rings. The van der Waals surface area contributed by atoms with E-state index in [1.54, 1.807) is 6.92 Å². The highest BCUT2D eigenvalue weighted by atomic mass is 16.6. The number of aliphatic hydroxyl groups is 1. The summed E-state index contributed by atoms with van der Waals surface area (Å²) in [5.74, 6) is -0.366.